The lowest BCUT2D eigenvalue weighted by molar-refractivity contribution is -0.137. The van der Waals surface area contributed by atoms with Crippen LogP contribution >= 0.6 is 0 Å². The summed E-state index contributed by atoms with van der Waals surface area (Å²) in [6.45, 7) is 7.16. The zero-order chi connectivity index (χ0) is 14.0. The van der Waals surface area contributed by atoms with Crippen LogP contribution in [-0.4, -0.2) is 22.3 Å². The second-order valence-electron chi connectivity index (χ2n) is 6.63. The molecule has 0 unspecified atom stereocenters. The zero-order valence-electron chi connectivity index (χ0n) is 12.1. The van der Waals surface area contributed by atoms with Crippen LogP contribution in [0.2, 0.25) is 0 Å². The Morgan fingerprint density at radius 3 is 2.56 bits per heavy atom. The van der Waals surface area contributed by atoms with Gasteiger partial charge >= 0.3 is 0 Å². The van der Waals surface area contributed by atoms with Gasteiger partial charge in [0.1, 0.15) is 11.6 Å². The maximum absolute atomic E-state index is 12.3. The van der Waals surface area contributed by atoms with Crippen molar-refractivity contribution in [2.45, 2.75) is 71.8 Å². The quantitative estimate of drug-likeness (QED) is 0.820. The molecule has 18 heavy (non-hydrogen) atoms. The van der Waals surface area contributed by atoms with Crippen molar-refractivity contribution in [3.05, 3.63) is 0 Å². The highest BCUT2D eigenvalue weighted by Crippen LogP contribution is 2.42. The van der Waals surface area contributed by atoms with Crippen LogP contribution in [0.4, 0.5) is 0 Å². The van der Waals surface area contributed by atoms with Crippen molar-refractivity contribution in [3.63, 3.8) is 0 Å². The molecule has 1 rings (SSSR count). The first-order chi connectivity index (χ1) is 8.15. The third-order valence-electron chi connectivity index (χ3n) is 4.41. The lowest BCUT2D eigenvalue weighted by Gasteiger charge is -2.40. The van der Waals surface area contributed by atoms with Crippen LogP contribution in [0.3, 0.4) is 0 Å². The average molecular weight is 254 g/mol. The molecule has 0 bridgehead atoms. The molecule has 1 aliphatic rings. The molecule has 0 aromatic carbocycles. The van der Waals surface area contributed by atoms with Crippen molar-refractivity contribution >= 4 is 11.6 Å². The van der Waals surface area contributed by atoms with Crippen LogP contribution in [0.5, 0.6) is 0 Å². The van der Waals surface area contributed by atoms with Gasteiger partial charge < -0.3 is 9.90 Å². The minimum Gasteiger partial charge on any atom is -0.390 e. The molecular weight excluding hydrogens is 228 g/mol. The number of rotatable bonds is 5. The highest BCUT2D eigenvalue weighted by Gasteiger charge is 2.42. The number of hydrogen-bond acceptors (Lipinski definition) is 3. The Hall–Kier alpha value is -0.700. The van der Waals surface area contributed by atoms with E-state index in [1.807, 2.05) is 6.92 Å². The summed E-state index contributed by atoms with van der Waals surface area (Å²) in [6.07, 6.45) is 4.36. The Balaban J connectivity index is 2.55. The molecule has 0 amide bonds. The first kappa shape index (κ1) is 15.4. The minimum absolute atomic E-state index is 0.0749. The normalized spacial score (nSPS) is 29.4. The summed E-state index contributed by atoms with van der Waals surface area (Å²) in [7, 11) is 0. The van der Waals surface area contributed by atoms with Gasteiger partial charge in [0.15, 0.2) is 0 Å². The Kier molecular flexibility index (Phi) is 4.71. The third kappa shape index (κ3) is 3.91. The van der Waals surface area contributed by atoms with E-state index >= 15 is 0 Å². The van der Waals surface area contributed by atoms with Crippen LogP contribution in [0, 0.1) is 11.3 Å². The number of ketones is 2. The summed E-state index contributed by atoms with van der Waals surface area (Å²) in [5, 5.41) is 9.98. The van der Waals surface area contributed by atoms with Crippen molar-refractivity contribution in [2.75, 3.05) is 0 Å². The SMILES string of the molecule is CC(=O)CCC[C@@]1(C)CC[C@@H](C(C)(C)O)CC1=O. The van der Waals surface area contributed by atoms with Gasteiger partial charge in [0.2, 0.25) is 0 Å². The number of carbonyl (C=O) groups excluding carboxylic acids is 2. The molecule has 1 aliphatic carbocycles. The van der Waals surface area contributed by atoms with Crippen LogP contribution in [0.25, 0.3) is 0 Å². The summed E-state index contributed by atoms with van der Waals surface area (Å²) in [6, 6.07) is 0. The maximum Gasteiger partial charge on any atom is 0.139 e. The van der Waals surface area contributed by atoms with E-state index in [1.54, 1.807) is 20.8 Å². The molecule has 0 aromatic heterocycles. The average Bonchev–Trinajstić information content (AvgIpc) is 2.20. The summed E-state index contributed by atoms with van der Waals surface area (Å²) < 4.78 is 0. The van der Waals surface area contributed by atoms with E-state index in [0.717, 1.165) is 25.7 Å². The van der Waals surface area contributed by atoms with Gasteiger partial charge in [-0.05, 0) is 52.4 Å². The summed E-state index contributed by atoms with van der Waals surface area (Å²) in [5.74, 6) is 0.520. The molecule has 3 nitrogen and oxygen atoms in total. The fourth-order valence-electron chi connectivity index (χ4n) is 2.80. The van der Waals surface area contributed by atoms with E-state index in [-0.39, 0.29) is 22.9 Å². The second kappa shape index (κ2) is 5.52. The molecular formula is C15H26O3. The standard InChI is InChI=1S/C15H26O3/c1-11(16)6-5-8-15(4)9-7-12(10-13(15)17)14(2,3)18/h12,18H,5-10H2,1-4H3/t12-,15+/m1/s1. The van der Waals surface area contributed by atoms with Gasteiger partial charge in [0, 0.05) is 18.3 Å². The van der Waals surface area contributed by atoms with Gasteiger partial charge in [0.25, 0.3) is 0 Å². The smallest absolute Gasteiger partial charge is 0.139 e. The van der Waals surface area contributed by atoms with E-state index in [1.165, 1.54) is 0 Å². The molecule has 1 saturated carbocycles. The molecule has 1 N–H and O–H groups in total. The van der Waals surface area contributed by atoms with E-state index < -0.39 is 5.60 Å². The lowest BCUT2D eigenvalue weighted by atomic mass is 9.65. The Labute approximate surface area is 110 Å². The fraction of sp³-hybridized carbons (Fsp3) is 0.867. The summed E-state index contributed by atoms with van der Waals surface area (Å²) >= 11 is 0. The van der Waals surface area contributed by atoms with Crippen molar-refractivity contribution in [2.24, 2.45) is 11.3 Å². The summed E-state index contributed by atoms with van der Waals surface area (Å²) in [5.41, 5.74) is -1.05. The predicted octanol–water partition coefficient (Wildman–Crippen LogP) is 2.89. The molecule has 0 aliphatic heterocycles. The van der Waals surface area contributed by atoms with Gasteiger partial charge in [-0.3, -0.25) is 4.79 Å². The van der Waals surface area contributed by atoms with Gasteiger partial charge in [-0.15, -0.1) is 0 Å². The monoisotopic (exact) mass is 254 g/mol. The molecule has 3 heteroatoms. The van der Waals surface area contributed by atoms with Crippen LogP contribution in [0.15, 0.2) is 0 Å². The third-order valence-corrected chi connectivity index (χ3v) is 4.41. The van der Waals surface area contributed by atoms with Gasteiger partial charge in [-0.2, -0.15) is 0 Å². The number of aliphatic hydroxyl groups is 1. The number of hydrogen-bond donors (Lipinski definition) is 1. The van der Waals surface area contributed by atoms with E-state index in [0.29, 0.717) is 12.8 Å². The largest absolute Gasteiger partial charge is 0.390 e. The molecule has 1 fully saturated rings. The van der Waals surface area contributed by atoms with Gasteiger partial charge in [-0.25, -0.2) is 0 Å². The molecule has 2 atom stereocenters. The van der Waals surface area contributed by atoms with E-state index in [2.05, 4.69) is 0 Å². The maximum atomic E-state index is 12.3. The van der Waals surface area contributed by atoms with Crippen molar-refractivity contribution in [3.8, 4) is 0 Å². The first-order valence-electron chi connectivity index (χ1n) is 6.90. The molecule has 0 saturated heterocycles. The van der Waals surface area contributed by atoms with Crippen molar-refractivity contribution < 1.29 is 14.7 Å². The van der Waals surface area contributed by atoms with Crippen LogP contribution < -0.4 is 0 Å². The Morgan fingerprint density at radius 2 is 2.11 bits per heavy atom. The van der Waals surface area contributed by atoms with Crippen molar-refractivity contribution in [1.29, 1.82) is 0 Å². The highest BCUT2D eigenvalue weighted by molar-refractivity contribution is 5.85. The minimum atomic E-state index is -0.767. The molecule has 0 radical (unpaired) electrons. The van der Waals surface area contributed by atoms with Gasteiger partial charge in [0.05, 0.1) is 5.60 Å². The topological polar surface area (TPSA) is 54.4 Å². The Bertz CT molecular complexity index is 327. The molecule has 104 valence electrons. The second-order valence-corrected chi connectivity index (χ2v) is 6.63. The summed E-state index contributed by atoms with van der Waals surface area (Å²) in [4.78, 5) is 23.2. The fourth-order valence-corrected chi connectivity index (χ4v) is 2.80. The van der Waals surface area contributed by atoms with Crippen LogP contribution in [0.1, 0.15) is 66.2 Å². The molecule has 0 heterocycles. The zero-order valence-corrected chi connectivity index (χ0v) is 12.1. The lowest BCUT2D eigenvalue weighted by Crippen LogP contribution is -2.42. The Morgan fingerprint density at radius 1 is 1.50 bits per heavy atom. The molecule has 0 aromatic rings. The van der Waals surface area contributed by atoms with Crippen LogP contribution in [-0.2, 0) is 9.59 Å². The van der Waals surface area contributed by atoms with Gasteiger partial charge in [-0.1, -0.05) is 6.92 Å². The number of Topliss-reactive ketones (excluding diaryl/α,β-unsaturated/α-hetero) is 2. The van der Waals surface area contributed by atoms with E-state index in [4.69, 9.17) is 0 Å². The first-order valence-corrected chi connectivity index (χ1v) is 6.90. The highest BCUT2D eigenvalue weighted by atomic mass is 16.3. The van der Waals surface area contributed by atoms with E-state index in [9.17, 15) is 14.7 Å². The van der Waals surface area contributed by atoms with Crippen molar-refractivity contribution in [1.82, 2.24) is 0 Å². The molecule has 0 spiro atoms. The predicted molar refractivity (Wildman–Crippen MR) is 71.3 cm³/mol. The number of carbonyl (C=O) groups is 2.